The Labute approximate surface area is 124 Å². The summed E-state index contributed by atoms with van der Waals surface area (Å²) < 4.78 is 5.27. The van der Waals surface area contributed by atoms with Crippen LogP contribution in [0, 0.1) is 0 Å². The highest BCUT2D eigenvalue weighted by Crippen LogP contribution is 2.20. The van der Waals surface area contributed by atoms with Gasteiger partial charge in [0.05, 0.1) is 7.11 Å². The van der Waals surface area contributed by atoms with Gasteiger partial charge >= 0.3 is 0 Å². The second kappa shape index (κ2) is 5.97. The molecule has 2 heterocycles. The van der Waals surface area contributed by atoms with E-state index in [2.05, 4.69) is 40.4 Å². The molecule has 0 aliphatic heterocycles. The minimum absolute atomic E-state index is 0.252. The van der Waals surface area contributed by atoms with Crippen molar-refractivity contribution in [3.8, 4) is 5.75 Å². The van der Waals surface area contributed by atoms with E-state index in [1.165, 1.54) is 16.5 Å². The van der Waals surface area contributed by atoms with Gasteiger partial charge in [0.25, 0.3) is 0 Å². The van der Waals surface area contributed by atoms with E-state index in [1.807, 2.05) is 24.4 Å². The van der Waals surface area contributed by atoms with E-state index in [-0.39, 0.29) is 6.04 Å². The number of fused-ring (bicyclic) bond motifs is 1. The van der Waals surface area contributed by atoms with Gasteiger partial charge in [-0.05, 0) is 42.3 Å². The van der Waals surface area contributed by atoms with Gasteiger partial charge in [0.15, 0.2) is 0 Å². The Bertz CT molecular complexity index is 735. The van der Waals surface area contributed by atoms with Gasteiger partial charge in [0.2, 0.25) is 0 Å². The second-order valence-electron chi connectivity index (χ2n) is 5.09. The Morgan fingerprint density at radius 1 is 1.29 bits per heavy atom. The molecule has 0 saturated heterocycles. The van der Waals surface area contributed by atoms with Crippen LogP contribution < -0.4 is 10.1 Å². The molecule has 0 amide bonds. The number of pyridine rings is 1. The first kappa shape index (κ1) is 13.6. The average Bonchev–Trinajstić information content (AvgIpc) is 2.96. The van der Waals surface area contributed by atoms with Gasteiger partial charge in [-0.3, -0.25) is 0 Å². The van der Waals surface area contributed by atoms with Crippen molar-refractivity contribution in [2.24, 2.45) is 0 Å². The topological polar surface area (TPSA) is 49.9 Å². The lowest BCUT2D eigenvalue weighted by atomic mass is 10.1. The molecule has 1 atom stereocenters. The number of nitrogens with one attached hydrogen (secondary N) is 2. The summed E-state index contributed by atoms with van der Waals surface area (Å²) in [5.41, 5.74) is 3.38. The van der Waals surface area contributed by atoms with Crippen LogP contribution in [-0.4, -0.2) is 17.1 Å². The number of benzene rings is 1. The smallest absolute Gasteiger partial charge is 0.137 e. The highest BCUT2D eigenvalue weighted by molar-refractivity contribution is 5.79. The van der Waals surface area contributed by atoms with Gasteiger partial charge in [-0.15, -0.1) is 0 Å². The molecule has 1 aromatic carbocycles. The van der Waals surface area contributed by atoms with Gasteiger partial charge in [-0.2, -0.15) is 0 Å². The van der Waals surface area contributed by atoms with Crippen LogP contribution in [0.2, 0.25) is 0 Å². The number of ether oxygens (including phenoxy) is 1. The summed E-state index contributed by atoms with van der Waals surface area (Å²) in [6, 6.07) is 12.5. The number of nitrogens with zero attached hydrogens (tertiary/aromatic N) is 1. The summed E-state index contributed by atoms with van der Waals surface area (Å²) in [6.07, 6.45) is 3.82. The molecular formula is C17H19N3O. The maximum Gasteiger partial charge on any atom is 0.137 e. The molecule has 4 heteroatoms. The molecule has 0 aliphatic carbocycles. The van der Waals surface area contributed by atoms with Gasteiger partial charge in [0.1, 0.15) is 11.4 Å². The number of H-pyrrole nitrogens is 1. The Morgan fingerprint density at radius 3 is 3.05 bits per heavy atom. The van der Waals surface area contributed by atoms with Crippen LogP contribution in [0.15, 0.2) is 48.8 Å². The molecule has 0 radical (unpaired) electrons. The molecule has 21 heavy (non-hydrogen) atoms. The fraction of sp³-hybridized carbons (Fsp3) is 0.235. The highest BCUT2D eigenvalue weighted by atomic mass is 16.5. The number of methoxy groups -OCH3 is 1. The molecule has 0 spiro atoms. The van der Waals surface area contributed by atoms with Crippen LogP contribution in [0.3, 0.4) is 0 Å². The van der Waals surface area contributed by atoms with Crippen molar-refractivity contribution < 1.29 is 4.74 Å². The normalized spacial score (nSPS) is 12.5. The summed E-state index contributed by atoms with van der Waals surface area (Å²) in [5.74, 6) is 0.887. The van der Waals surface area contributed by atoms with E-state index in [0.717, 1.165) is 17.9 Å². The molecular weight excluding hydrogens is 262 g/mol. The summed E-state index contributed by atoms with van der Waals surface area (Å²) in [5, 5.41) is 4.71. The van der Waals surface area contributed by atoms with Crippen molar-refractivity contribution in [3.63, 3.8) is 0 Å². The zero-order valence-corrected chi connectivity index (χ0v) is 12.3. The molecule has 1 unspecified atom stereocenters. The zero-order chi connectivity index (χ0) is 14.7. The molecule has 2 aromatic heterocycles. The van der Waals surface area contributed by atoms with Crippen molar-refractivity contribution in [3.05, 3.63) is 59.9 Å². The van der Waals surface area contributed by atoms with Crippen molar-refractivity contribution in [1.29, 1.82) is 0 Å². The standard InChI is InChI=1S/C17H19N3O/c1-12(13-5-3-6-15(9-13)21-2)19-10-14-11-20-17-16(14)7-4-8-18-17/h3-9,11-12,19H,10H2,1-2H3,(H,18,20). The first-order valence-corrected chi connectivity index (χ1v) is 7.06. The highest BCUT2D eigenvalue weighted by Gasteiger charge is 2.08. The molecule has 0 fully saturated rings. The van der Waals surface area contributed by atoms with Crippen molar-refractivity contribution in [2.45, 2.75) is 19.5 Å². The first-order chi connectivity index (χ1) is 10.3. The van der Waals surface area contributed by atoms with Gasteiger partial charge < -0.3 is 15.0 Å². The maximum absolute atomic E-state index is 5.27. The van der Waals surface area contributed by atoms with E-state index in [4.69, 9.17) is 4.74 Å². The third kappa shape index (κ3) is 2.90. The molecule has 0 saturated carbocycles. The minimum atomic E-state index is 0.252. The van der Waals surface area contributed by atoms with Crippen LogP contribution in [0.1, 0.15) is 24.1 Å². The Hall–Kier alpha value is -2.33. The Balaban J connectivity index is 1.72. The fourth-order valence-corrected chi connectivity index (χ4v) is 2.45. The van der Waals surface area contributed by atoms with Gasteiger partial charge in [0, 0.05) is 30.4 Å². The predicted molar refractivity (Wildman–Crippen MR) is 84.3 cm³/mol. The van der Waals surface area contributed by atoms with Crippen LogP contribution >= 0.6 is 0 Å². The number of rotatable bonds is 5. The average molecular weight is 281 g/mol. The minimum Gasteiger partial charge on any atom is -0.497 e. The van der Waals surface area contributed by atoms with E-state index in [0.29, 0.717) is 0 Å². The van der Waals surface area contributed by atoms with Crippen molar-refractivity contribution >= 4 is 11.0 Å². The van der Waals surface area contributed by atoms with E-state index >= 15 is 0 Å². The van der Waals surface area contributed by atoms with Crippen LogP contribution in [0.5, 0.6) is 5.75 Å². The summed E-state index contributed by atoms with van der Waals surface area (Å²) >= 11 is 0. The van der Waals surface area contributed by atoms with Gasteiger partial charge in [-0.1, -0.05) is 12.1 Å². The zero-order valence-electron chi connectivity index (χ0n) is 12.3. The number of aromatic amines is 1. The monoisotopic (exact) mass is 281 g/mol. The SMILES string of the molecule is COc1cccc(C(C)NCc2c[nH]c3ncccc23)c1. The van der Waals surface area contributed by atoms with E-state index in [1.54, 1.807) is 13.3 Å². The lowest BCUT2D eigenvalue weighted by molar-refractivity contribution is 0.413. The van der Waals surface area contributed by atoms with E-state index in [9.17, 15) is 0 Å². The lowest BCUT2D eigenvalue weighted by Gasteiger charge is -2.14. The lowest BCUT2D eigenvalue weighted by Crippen LogP contribution is -2.17. The van der Waals surface area contributed by atoms with Crippen molar-refractivity contribution in [1.82, 2.24) is 15.3 Å². The molecule has 0 bridgehead atoms. The maximum atomic E-state index is 5.27. The number of hydrogen-bond acceptors (Lipinski definition) is 3. The summed E-state index contributed by atoms with van der Waals surface area (Å²) in [7, 11) is 1.69. The molecule has 0 aliphatic rings. The number of aromatic nitrogens is 2. The summed E-state index contributed by atoms with van der Waals surface area (Å²) in [6.45, 7) is 2.95. The first-order valence-electron chi connectivity index (χ1n) is 7.06. The molecule has 3 rings (SSSR count). The quantitative estimate of drug-likeness (QED) is 0.753. The van der Waals surface area contributed by atoms with Gasteiger partial charge in [-0.25, -0.2) is 4.98 Å². The van der Waals surface area contributed by atoms with Crippen LogP contribution in [0.25, 0.3) is 11.0 Å². The molecule has 4 nitrogen and oxygen atoms in total. The van der Waals surface area contributed by atoms with Crippen molar-refractivity contribution in [2.75, 3.05) is 7.11 Å². The molecule has 2 N–H and O–H groups in total. The predicted octanol–water partition coefficient (Wildman–Crippen LogP) is 3.42. The fourth-order valence-electron chi connectivity index (χ4n) is 2.45. The Kier molecular flexibility index (Phi) is 3.88. The van der Waals surface area contributed by atoms with E-state index < -0.39 is 0 Å². The Morgan fingerprint density at radius 2 is 2.19 bits per heavy atom. The third-order valence-electron chi connectivity index (χ3n) is 3.73. The van der Waals surface area contributed by atoms with Crippen LogP contribution in [-0.2, 0) is 6.54 Å². The summed E-state index contributed by atoms with van der Waals surface area (Å²) in [4.78, 5) is 7.51. The number of hydrogen-bond donors (Lipinski definition) is 2. The molecule has 3 aromatic rings. The molecule has 108 valence electrons. The third-order valence-corrected chi connectivity index (χ3v) is 3.73. The largest absolute Gasteiger partial charge is 0.497 e. The second-order valence-corrected chi connectivity index (χ2v) is 5.09. The van der Waals surface area contributed by atoms with Crippen LogP contribution in [0.4, 0.5) is 0 Å².